The number of hydrogen-bond donors (Lipinski definition) is 3. The Hall–Kier alpha value is -1.32. The van der Waals surface area contributed by atoms with E-state index in [1.165, 1.54) is 47.7 Å². The lowest BCUT2D eigenvalue weighted by molar-refractivity contribution is 0.525. The number of hydrogen-bond acceptors (Lipinski definition) is 2. The fraction of sp³-hybridized carbons (Fsp3) is 0.467. The Kier molecular flexibility index (Phi) is 3.35. The predicted octanol–water partition coefficient (Wildman–Crippen LogP) is 2.66. The van der Waals surface area contributed by atoms with Gasteiger partial charge in [-0.15, -0.1) is 0 Å². The Bertz CT molecular complexity index is 524. The lowest BCUT2D eigenvalue weighted by atomic mass is 10.1. The Morgan fingerprint density at radius 2 is 2.06 bits per heavy atom. The summed E-state index contributed by atoms with van der Waals surface area (Å²) in [5, 5.41) is 4.98. The normalized spacial score (nSPS) is 16.7. The van der Waals surface area contributed by atoms with Crippen LogP contribution in [0.5, 0.6) is 0 Å². The summed E-state index contributed by atoms with van der Waals surface area (Å²) >= 11 is 0. The van der Waals surface area contributed by atoms with Crippen molar-refractivity contribution in [3.8, 4) is 0 Å². The minimum atomic E-state index is 0.603. The highest BCUT2D eigenvalue weighted by Crippen LogP contribution is 2.23. The van der Waals surface area contributed by atoms with Gasteiger partial charge in [0.2, 0.25) is 0 Å². The molecule has 3 rings (SSSR count). The number of aromatic amines is 1. The summed E-state index contributed by atoms with van der Waals surface area (Å²) < 4.78 is 0. The molecule has 0 aliphatic heterocycles. The first-order chi connectivity index (χ1) is 8.88. The molecule has 18 heavy (non-hydrogen) atoms. The molecule has 3 heteroatoms. The summed E-state index contributed by atoms with van der Waals surface area (Å²) in [6.45, 7) is 1.55. The van der Waals surface area contributed by atoms with Gasteiger partial charge >= 0.3 is 0 Å². The lowest BCUT2D eigenvalue weighted by Crippen LogP contribution is -2.25. The molecule has 3 nitrogen and oxygen atoms in total. The minimum Gasteiger partial charge on any atom is -0.361 e. The van der Waals surface area contributed by atoms with Crippen molar-refractivity contribution in [3.63, 3.8) is 0 Å². The Balaban J connectivity index is 1.82. The van der Waals surface area contributed by atoms with Gasteiger partial charge < -0.3 is 16.0 Å². The first-order valence-electron chi connectivity index (χ1n) is 6.90. The molecule has 2 aromatic rings. The van der Waals surface area contributed by atoms with Crippen LogP contribution in [-0.4, -0.2) is 11.0 Å². The summed E-state index contributed by atoms with van der Waals surface area (Å²) in [6, 6.07) is 7.01. The van der Waals surface area contributed by atoms with Gasteiger partial charge in [-0.25, -0.2) is 0 Å². The highest BCUT2D eigenvalue weighted by atomic mass is 14.9. The number of rotatable bonds is 4. The van der Waals surface area contributed by atoms with Gasteiger partial charge in [-0.2, -0.15) is 0 Å². The average Bonchev–Trinajstić information content (AvgIpc) is 3.05. The maximum Gasteiger partial charge on any atom is 0.0460 e. The van der Waals surface area contributed by atoms with E-state index >= 15 is 0 Å². The van der Waals surface area contributed by atoms with Crippen molar-refractivity contribution < 1.29 is 0 Å². The van der Waals surface area contributed by atoms with Crippen molar-refractivity contribution in [1.82, 2.24) is 10.3 Å². The van der Waals surface area contributed by atoms with E-state index in [2.05, 4.69) is 34.7 Å². The molecule has 0 radical (unpaired) electrons. The van der Waals surface area contributed by atoms with Crippen LogP contribution in [0.25, 0.3) is 10.9 Å². The van der Waals surface area contributed by atoms with Crippen LogP contribution in [0.4, 0.5) is 0 Å². The second kappa shape index (κ2) is 5.12. The molecular formula is C15H21N3. The largest absolute Gasteiger partial charge is 0.361 e. The molecule has 1 aromatic heterocycles. The zero-order chi connectivity index (χ0) is 12.4. The molecule has 0 atom stereocenters. The average molecular weight is 243 g/mol. The number of nitrogens with one attached hydrogen (secondary N) is 2. The van der Waals surface area contributed by atoms with Gasteiger partial charge in [0.25, 0.3) is 0 Å². The molecule has 0 bridgehead atoms. The van der Waals surface area contributed by atoms with Crippen LogP contribution >= 0.6 is 0 Å². The molecule has 1 aliphatic rings. The van der Waals surface area contributed by atoms with Gasteiger partial charge in [-0.05, 0) is 30.0 Å². The number of H-pyrrole nitrogens is 1. The van der Waals surface area contributed by atoms with Crippen LogP contribution in [0.1, 0.15) is 36.8 Å². The standard InChI is InChI=1S/C15H21N3/c16-8-11-4-3-7-14-15(11)12(10-18-14)9-17-13-5-1-2-6-13/h3-4,7,10,13,17-18H,1-2,5-6,8-9,16H2. The van der Waals surface area contributed by atoms with E-state index in [1.807, 2.05) is 0 Å². The molecule has 96 valence electrons. The topological polar surface area (TPSA) is 53.8 Å². The molecule has 0 amide bonds. The molecule has 1 aliphatic carbocycles. The van der Waals surface area contributed by atoms with Crippen molar-refractivity contribution in [2.45, 2.75) is 44.8 Å². The fourth-order valence-corrected chi connectivity index (χ4v) is 3.03. The van der Waals surface area contributed by atoms with Crippen LogP contribution < -0.4 is 11.1 Å². The lowest BCUT2D eigenvalue weighted by Gasteiger charge is -2.11. The van der Waals surface area contributed by atoms with Crippen LogP contribution in [0.2, 0.25) is 0 Å². The second-order valence-electron chi connectivity index (χ2n) is 5.22. The van der Waals surface area contributed by atoms with E-state index in [1.54, 1.807) is 0 Å². The van der Waals surface area contributed by atoms with Crippen molar-refractivity contribution in [2.24, 2.45) is 5.73 Å². The van der Waals surface area contributed by atoms with Gasteiger partial charge in [-0.3, -0.25) is 0 Å². The number of fused-ring (bicyclic) bond motifs is 1. The summed E-state index contributed by atoms with van der Waals surface area (Å²) in [5.41, 5.74) is 9.60. The number of nitrogens with two attached hydrogens (primary N) is 1. The van der Waals surface area contributed by atoms with Crippen LogP contribution in [0, 0.1) is 0 Å². The second-order valence-corrected chi connectivity index (χ2v) is 5.22. The molecule has 1 aromatic carbocycles. The zero-order valence-corrected chi connectivity index (χ0v) is 10.7. The smallest absolute Gasteiger partial charge is 0.0460 e. The monoisotopic (exact) mass is 243 g/mol. The SMILES string of the molecule is NCc1cccc2[nH]cc(CNC3CCCC3)c12. The van der Waals surface area contributed by atoms with Crippen LogP contribution in [0.15, 0.2) is 24.4 Å². The van der Waals surface area contributed by atoms with E-state index in [9.17, 15) is 0 Å². The number of aromatic nitrogens is 1. The number of benzene rings is 1. The molecule has 0 unspecified atom stereocenters. The fourth-order valence-electron chi connectivity index (χ4n) is 3.03. The van der Waals surface area contributed by atoms with Gasteiger partial charge in [0.15, 0.2) is 0 Å². The third-order valence-corrected chi connectivity index (χ3v) is 4.03. The molecule has 1 saturated carbocycles. The summed E-state index contributed by atoms with van der Waals surface area (Å²) in [5.74, 6) is 0. The molecule has 0 saturated heterocycles. The Morgan fingerprint density at radius 1 is 1.22 bits per heavy atom. The quantitative estimate of drug-likeness (QED) is 0.773. The Labute approximate surface area is 108 Å². The predicted molar refractivity (Wildman–Crippen MR) is 75.3 cm³/mol. The first kappa shape index (κ1) is 11.8. The highest BCUT2D eigenvalue weighted by Gasteiger charge is 2.15. The molecule has 1 fully saturated rings. The highest BCUT2D eigenvalue weighted by molar-refractivity contribution is 5.86. The summed E-state index contributed by atoms with van der Waals surface area (Å²) in [6.07, 6.45) is 7.52. The first-order valence-corrected chi connectivity index (χ1v) is 6.90. The third-order valence-electron chi connectivity index (χ3n) is 4.03. The van der Waals surface area contributed by atoms with Gasteiger partial charge in [-0.1, -0.05) is 25.0 Å². The molecular weight excluding hydrogens is 222 g/mol. The summed E-state index contributed by atoms with van der Waals surface area (Å²) in [7, 11) is 0. The maximum atomic E-state index is 5.83. The van der Waals surface area contributed by atoms with Crippen molar-refractivity contribution in [3.05, 3.63) is 35.5 Å². The minimum absolute atomic E-state index is 0.603. The van der Waals surface area contributed by atoms with Gasteiger partial charge in [0, 0.05) is 36.2 Å². The van der Waals surface area contributed by atoms with Crippen molar-refractivity contribution >= 4 is 10.9 Å². The van der Waals surface area contributed by atoms with Crippen molar-refractivity contribution in [1.29, 1.82) is 0 Å². The summed E-state index contributed by atoms with van der Waals surface area (Å²) in [4.78, 5) is 3.34. The van der Waals surface area contributed by atoms with Gasteiger partial charge in [0.1, 0.15) is 0 Å². The molecule has 0 spiro atoms. The molecule has 1 heterocycles. The van der Waals surface area contributed by atoms with Crippen LogP contribution in [-0.2, 0) is 13.1 Å². The van der Waals surface area contributed by atoms with Gasteiger partial charge in [0.05, 0.1) is 0 Å². The third kappa shape index (κ3) is 2.16. The molecule has 4 N–H and O–H groups in total. The Morgan fingerprint density at radius 3 is 2.83 bits per heavy atom. The van der Waals surface area contributed by atoms with E-state index in [0.717, 1.165) is 6.54 Å². The van der Waals surface area contributed by atoms with E-state index < -0.39 is 0 Å². The van der Waals surface area contributed by atoms with E-state index in [4.69, 9.17) is 5.73 Å². The van der Waals surface area contributed by atoms with Crippen molar-refractivity contribution in [2.75, 3.05) is 0 Å². The maximum absolute atomic E-state index is 5.83. The zero-order valence-electron chi connectivity index (χ0n) is 10.7. The van der Waals surface area contributed by atoms with E-state index in [0.29, 0.717) is 12.6 Å². The van der Waals surface area contributed by atoms with E-state index in [-0.39, 0.29) is 0 Å². The van der Waals surface area contributed by atoms with Crippen LogP contribution in [0.3, 0.4) is 0 Å².